The van der Waals surface area contributed by atoms with Crippen LogP contribution in [0.1, 0.15) is 34.1 Å². The molecule has 7 nitrogen and oxygen atoms in total. The van der Waals surface area contributed by atoms with Crippen LogP contribution in [0.4, 0.5) is 11.4 Å². The number of hydrogen-bond donors (Lipinski definition) is 1. The summed E-state index contributed by atoms with van der Waals surface area (Å²) in [7, 11) is 0. The van der Waals surface area contributed by atoms with Crippen LogP contribution >= 0.6 is 0 Å². The van der Waals surface area contributed by atoms with Gasteiger partial charge >= 0.3 is 5.97 Å². The lowest BCUT2D eigenvalue weighted by Gasteiger charge is -2.42. The Kier molecular flexibility index (Phi) is 6.10. The highest BCUT2D eigenvalue weighted by molar-refractivity contribution is 6.15. The van der Waals surface area contributed by atoms with Crippen molar-refractivity contribution < 1.29 is 23.9 Å². The van der Waals surface area contributed by atoms with Crippen molar-refractivity contribution in [3.63, 3.8) is 0 Å². The SMILES string of the molecule is CC[C@H](Oc1ccccc1)C(=O)O[C@@H](C)C(=O)N1c2ccccc2NC(=O)C1(C)C. The topological polar surface area (TPSA) is 84.9 Å². The molecule has 7 heteroatoms. The van der Waals surface area contributed by atoms with Gasteiger partial charge in [0, 0.05) is 0 Å². The van der Waals surface area contributed by atoms with Crippen molar-refractivity contribution in [1.82, 2.24) is 0 Å². The Hall–Kier alpha value is -3.35. The Bertz CT molecular complexity index is 942. The average molecular weight is 410 g/mol. The minimum atomic E-state index is -1.14. The number of nitrogens with zero attached hydrogens (tertiary/aromatic N) is 1. The van der Waals surface area contributed by atoms with Crippen LogP contribution in [-0.4, -0.2) is 35.5 Å². The van der Waals surface area contributed by atoms with Crippen LogP contribution in [0.25, 0.3) is 0 Å². The standard InChI is InChI=1S/C23H26N2O5/c1-5-19(30-16-11-7-6-8-12-16)21(27)29-15(2)20(26)25-18-14-10-9-13-17(18)24-22(28)23(25,3)4/h6-15,19H,5H2,1-4H3,(H,24,28)/t15-,19-/m0/s1. The molecule has 30 heavy (non-hydrogen) atoms. The summed E-state index contributed by atoms with van der Waals surface area (Å²) in [6.07, 6.45) is -1.55. The quantitative estimate of drug-likeness (QED) is 0.737. The van der Waals surface area contributed by atoms with E-state index in [4.69, 9.17) is 9.47 Å². The number of fused-ring (bicyclic) bond motifs is 1. The number of carbonyl (C=O) groups is 3. The number of anilines is 2. The van der Waals surface area contributed by atoms with Gasteiger partial charge in [0.2, 0.25) is 5.91 Å². The molecule has 0 fully saturated rings. The molecule has 0 saturated heterocycles. The average Bonchev–Trinajstić information content (AvgIpc) is 2.73. The number of rotatable bonds is 6. The smallest absolute Gasteiger partial charge is 0.348 e. The number of benzene rings is 2. The Morgan fingerprint density at radius 3 is 2.37 bits per heavy atom. The molecule has 2 aromatic carbocycles. The summed E-state index contributed by atoms with van der Waals surface area (Å²) >= 11 is 0. The van der Waals surface area contributed by atoms with Crippen LogP contribution in [0, 0.1) is 0 Å². The third-order valence-electron chi connectivity index (χ3n) is 5.02. The van der Waals surface area contributed by atoms with Gasteiger partial charge in [-0.25, -0.2) is 4.79 Å². The molecule has 0 spiro atoms. The summed E-state index contributed by atoms with van der Waals surface area (Å²) < 4.78 is 11.1. The van der Waals surface area contributed by atoms with Crippen molar-refractivity contribution in [2.24, 2.45) is 0 Å². The van der Waals surface area contributed by atoms with Crippen molar-refractivity contribution in [3.8, 4) is 5.75 Å². The first-order chi connectivity index (χ1) is 14.3. The minimum Gasteiger partial charge on any atom is -0.479 e. The van der Waals surface area contributed by atoms with Gasteiger partial charge in [-0.3, -0.25) is 14.5 Å². The van der Waals surface area contributed by atoms with Crippen LogP contribution in [0.15, 0.2) is 54.6 Å². The van der Waals surface area contributed by atoms with Crippen LogP contribution in [-0.2, 0) is 19.1 Å². The highest BCUT2D eigenvalue weighted by Crippen LogP contribution is 2.37. The van der Waals surface area contributed by atoms with E-state index >= 15 is 0 Å². The van der Waals surface area contributed by atoms with Gasteiger partial charge in [0.05, 0.1) is 11.4 Å². The third-order valence-corrected chi connectivity index (χ3v) is 5.02. The maximum atomic E-state index is 13.3. The first kappa shape index (κ1) is 21.4. The Labute approximate surface area is 176 Å². The Balaban J connectivity index is 1.77. The zero-order valence-corrected chi connectivity index (χ0v) is 17.5. The largest absolute Gasteiger partial charge is 0.479 e. The summed E-state index contributed by atoms with van der Waals surface area (Å²) in [5.74, 6) is -0.880. The van der Waals surface area contributed by atoms with E-state index in [9.17, 15) is 14.4 Å². The summed E-state index contributed by atoms with van der Waals surface area (Å²) in [6.45, 7) is 6.60. The van der Waals surface area contributed by atoms with E-state index in [0.717, 1.165) is 0 Å². The molecule has 1 aliphatic heterocycles. The molecular formula is C23H26N2O5. The fourth-order valence-electron chi connectivity index (χ4n) is 3.29. The molecule has 1 heterocycles. The van der Waals surface area contributed by atoms with Crippen LogP contribution < -0.4 is 15.0 Å². The molecule has 2 aromatic rings. The molecule has 158 valence electrons. The van der Waals surface area contributed by atoms with Gasteiger partial charge in [0.1, 0.15) is 11.3 Å². The number of hydrogen-bond acceptors (Lipinski definition) is 5. The van der Waals surface area contributed by atoms with Crippen molar-refractivity contribution in [3.05, 3.63) is 54.6 Å². The van der Waals surface area contributed by atoms with Crippen molar-refractivity contribution in [1.29, 1.82) is 0 Å². The van der Waals surface area contributed by atoms with Gasteiger partial charge < -0.3 is 14.8 Å². The second-order valence-electron chi connectivity index (χ2n) is 7.61. The molecule has 1 N–H and O–H groups in total. The molecule has 1 aliphatic rings. The van der Waals surface area contributed by atoms with E-state index in [0.29, 0.717) is 23.5 Å². The van der Waals surface area contributed by atoms with Gasteiger partial charge in [0.15, 0.2) is 12.2 Å². The van der Waals surface area contributed by atoms with Crippen LogP contribution in [0.2, 0.25) is 0 Å². The first-order valence-corrected chi connectivity index (χ1v) is 9.92. The van der Waals surface area contributed by atoms with E-state index in [1.54, 1.807) is 69.3 Å². The van der Waals surface area contributed by atoms with Crippen LogP contribution in [0.5, 0.6) is 5.75 Å². The highest BCUT2D eigenvalue weighted by Gasteiger charge is 2.45. The van der Waals surface area contributed by atoms with Crippen molar-refractivity contribution in [2.75, 3.05) is 10.2 Å². The predicted molar refractivity (Wildman–Crippen MR) is 113 cm³/mol. The number of para-hydroxylation sites is 3. The van der Waals surface area contributed by atoms with Gasteiger partial charge in [-0.2, -0.15) is 0 Å². The first-order valence-electron chi connectivity index (χ1n) is 9.92. The minimum absolute atomic E-state index is 0.313. The van der Waals surface area contributed by atoms with Crippen LogP contribution in [0.3, 0.4) is 0 Å². The summed E-state index contributed by atoms with van der Waals surface area (Å²) in [4.78, 5) is 39.9. The lowest BCUT2D eigenvalue weighted by Crippen LogP contribution is -2.60. The predicted octanol–water partition coefficient (Wildman–Crippen LogP) is 3.54. The maximum absolute atomic E-state index is 13.3. The zero-order chi connectivity index (χ0) is 21.9. The van der Waals surface area contributed by atoms with Crippen molar-refractivity contribution in [2.45, 2.75) is 51.9 Å². The van der Waals surface area contributed by atoms with Gasteiger partial charge in [-0.15, -0.1) is 0 Å². The summed E-state index contributed by atoms with van der Waals surface area (Å²) in [5, 5.41) is 2.81. The van der Waals surface area contributed by atoms with E-state index < -0.39 is 29.6 Å². The van der Waals surface area contributed by atoms with Gasteiger partial charge in [-0.05, 0) is 51.5 Å². The fraction of sp³-hybridized carbons (Fsp3) is 0.348. The monoisotopic (exact) mass is 410 g/mol. The molecular weight excluding hydrogens is 384 g/mol. The lowest BCUT2D eigenvalue weighted by atomic mass is 9.95. The van der Waals surface area contributed by atoms with E-state index in [2.05, 4.69) is 5.32 Å². The molecule has 0 bridgehead atoms. The number of nitrogens with one attached hydrogen (secondary N) is 1. The Morgan fingerprint density at radius 2 is 1.70 bits per heavy atom. The molecule has 0 aliphatic carbocycles. The third kappa shape index (κ3) is 4.15. The van der Waals surface area contributed by atoms with Crippen molar-refractivity contribution >= 4 is 29.2 Å². The molecule has 0 unspecified atom stereocenters. The summed E-state index contributed by atoms with van der Waals surface area (Å²) in [6, 6.07) is 16.0. The normalized spacial score (nSPS) is 16.7. The number of amides is 2. The molecule has 3 rings (SSSR count). The van der Waals surface area contributed by atoms with E-state index in [1.807, 2.05) is 6.07 Å². The number of esters is 1. The lowest BCUT2D eigenvalue weighted by molar-refractivity contribution is -0.161. The zero-order valence-electron chi connectivity index (χ0n) is 17.5. The second-order valence-corrected chi connectivity index (χ2v) is 7.61. The molecule has 2 amide bonds. The molecule has 2 atom stereocenters. The number of ether oxygens (including phenoxy) is 2. The molecule has 0 saturated carbocycles. The molecule has 0 aromatic heterocycles. The van der Waals surface area contributed by atoms with E-state index in [1.165, 1.54) is 11.8 Å². The second kappa shape index (κ2) is 8.57. The summed E-state index contributed by atoms with van der Waals surface area (Å²) in [5.41, 5.74) is -0.0494. The maximum Gasteiger partial charge on any atom is 0.348 e. The van der Waals surface area contributed by atoms with E-state index in [-0.39, 0.29) is 5.91 Å². The number of carbonyl (C=O) groups excluding carboxylic acids is 3. The Morgan fingerprint density at radius 1 is 1.07 bits per heavy atom. The highest BCUT2D eigenvalue weighted by atomic mass is 16.6. The van der Waals surface area contributed by atoms with Gasteiger partial charge in [0.25, 0.3) is 5.91 Å². The van der Waals surface area contributed by atoms with Gasteiger partial charge in [-0.1, -0.05) is 37.3 Å². The fourth-order valence-corrected chi connectivity index (χ4v) is 3.29. The molecule has 0 radical (unpaired) electrons.